The first-order valence-electron chi connectivity index (χ1n) is 4.88. The van der Waals surface area contributed by atoms with Gasteiger partial charge in [0, 0.05) is 5.75 Å². The number of allylic oxidation sites excluding steroid dienone is 2. The lowest BCUT2D eigenvalue weighted by Gasteiger charge is -2.08. The molecule has 2 heteroatoms. The van der Waals surface area contributed by atoms with Gasteiger partial charge in [0.15, 0.2) is 0 Å². The molecular formula is C13H14OS. The van der Waals surface area contributed by atoms with Gasteiger partial charge >= 0.3 is 0 Å². The summed E-state index contributed by atoms with van der Waals surface area (Å²) >= 11 is 0. The first-order chi connectivity index (χ1) is 7.38. The third kappa shape index (κ3) is 2.83. The molecule has 1 atom stereocenters. The first kappa shape index (κ1) is 10.2. The Morgan fingerprint density at radius 3 is 2.60 bits per heavy atom. The fourth-order valence-corrected chi connectivity index (χ4v) is 2.89. The lowest BCUT2D eigenvalue weighted by Crippen LogP contribution is -1.89. The fourth-order valence-electron chi connectivity index (χ4n) is 1.41. The SMILES string of the molecule is COC1=CC=S(Cc2ccccc2)C=C1. The van der Waals surface area contributed by atoms with Crippen molar-refractivity contribution in [3.05, 3.63) is 59.2 Å². The maximum atomic E-state index is 5.14. The van der Waals surface area contributed by atoms with Crippen LogP contribution in [0.2, 0.25) is 0 Å². The Labute approximate surface area is 93.0 Å². The topological polar surface area (TPSA) is 9.23 Å². The van der Waals surface area contributed by atoms with Crippen LogP contribution >= 0.6 is 10.5 Å². The van der Waals surface area contributed by atoms with Gasteiger partial charge in [-0.25, -0.2) is 0 Å². The lowest BCUT2D eigenvalue weighted by atomic mass is 10.2. The Morgan fingerprint density at radius 1 is 1.20 bits per heavy atom. The predicted molar refractivity (Wildman–Crippen MR) is 68.0 cm³/mol. The molecule has 1 unspecified atom stereocenters. The van der Waals surface area contributed by atoms with Gasteiger partial charge in [0.25, 0.3) is 0 Å². The molecule has 2 rings (SSSR count). The van der Waals surface area contributed by atoms with E-state index in [4.69, 9.17) is 4.74 Å². The van der Waals surface area contributed by atoms with Crippen molar-refractivity contribution in [2.75, 3.05) is 7.11 Å². The van der Waals surface area contributed by atoms with Crippen molar-refractivity contribution in [3.63, 3.8) is 0 Å². The summed E-state index contributed by atoms with van der Waals surface area (Å²) in [4.78, 5) is 0. The Hall–Kier alpha value is -1.28. The van der Waals surface area contributed by atoms with Gasteiger partial charge in [-0.05, 0) is 28.5 Å². The fraction of sp³-hybridized carbons (Fsp3) is 0.154. The van der Waals surface area contributed by atoms with E-state index in [1.807, 2.05) is 12.2 Å². The molecule has 15 heavy (non-hydrogen) atoms. The quantitative estimate of drug-likeness (QED) is 0.707. The lowest BCUT2D eigenvalue weighted by molar-refractivity contribution is 0.307. The highest BCUT2D eigenvalue weighted by Crippen LogP contribution is 2.24. The Morgan fingerprint density at radius 2 is 2.00 bits per heavy atom. The van der Waals surface area contributed by atoms with Crippen molar-refractivity contribution in [3.8, 4) is 0 Å². The molecule has 0 radical (unpaired) electrons. The minimum atomic E-state index is 0.220. The van der Waals surface area contributed by atoms with Crippen LogP contribution in [0, 0.1) is 0 Å². The summed E-state index contributed by atoms with van der Waals surface area (Å²) in [5.41, 5.74) is 1.39. The van der Waals surface area contributed by atoms with E-state index in [1.165, 1.54) is 5.56 Å². The molecule has 0 aliphatic carbocycles. The molecule has 1 aliphatic heterocycles. The van der Waals surface area contributed by atoms with Crippen LogP contribution < -0.4 is 0 Å². The standard InChI is InChI=1S/C13H14OS/c1-14-13-7-9-15(10-8-13)11-12-5-3-2-4-6-12/h2-10H,11H2,1H3. The first-order valence-corrected chi connectivity index (χ1v) is 6.40. The molecule has 78 valence electrons. The predicted octanol–water partition coefficient (Wildman–Crippen LogP) is 3.32. The van der Waals surface area contributed by atoms with Crippen LogP contribution in [0.5, 0.6) is 0 Å². The Balaban J connectivity index is 2.07. The van der Waals surface area contributed by atoms with Gasteiger partial charge in [0.2, 0.25) is 0 Å². The van der Waals surface area contributed by atoms with Crippen molar-refractivity contribution in [2.45, 2.75) is 5.75 Å². The molecular weight excluding hydrogens is 204 g/mol. The van der Waals surface area contributed by atoms with Crippen LogP contribution in [0.1, 0.15) is 5.56 Å². The van der Waals surface area contributed by atoms with E-state index < -0.39 is 0 Å². The van der Waals surface area contributed by atoms with Gasteiger partial charge in [-0.2, -0.15) is 10.5 Å². The van der Waals surface area contributed by atoms with Crippen LogP contribution in [0.15, 0.2) is 53.7 Å². The second-order valence-electron chi connectivity index (χ2n) is 3.31. The van der Waals surface area contributed by atoms with E-state index in [0.29, 0.717) is 0 Å². The van der Waals surface area contributed by atoms with Crippen molar-refractivity contribution >= 4 is 15.9 Å². The summed E-state index contributed by atoms with van der Waals surface area (Å²) < 4.78 is 5.14. The summed E-state index contributed by atoms with van der Waals surface area (Å²) in [6, 6.07) is 10.6. The van der Waals surface area contributed by atoms with Gasteiger partial charge < -0.3 is 4.74 Å². The van der Waals surface area contributed by atoms with Crippen molar-refractivity contribution in [2.24, 2.45) is 0 Å². The molecule has 0 saturated carbocycles. The average Bonchev–Trinajstić information content (AvgIpc) is 2.31. The normalized spacial score (nSPS) is 19.3. The zero-order chi connectivity index (χ0) is 10.5. The van der Waals surface area contributed by atoms with E-state index in [9.17, 15) is 0 Å². The minimum Gasteiger partial charge on any atom is -0.497 e. The molecule has 1 aromatic carbocycles. The number of hydrogen-bond acceptors (Lipinski definition) is 1. The molecule has 0 amide bonds. The van der Waals surface area contributed by atoms with Crippen LogP contribution in [-0.4, -0.2) is 12.5 Å². The van der Waals surface area contributed by atoms with E-state index in [0.717, 1.165) is 11.5 Å². The highest BCUT2D eigenvalue weighted by Gasteiger charge is 1.98. The van der Waals surface area contributed by atoms with Crippen molar-refractivity contribution in [1.82, 2.24) is 0 Å². The zero-order valence-electron chi connectivity index (χ0n) is 8.72. The maximum absolute atomic E-state index is 5.14. The van der Waals surface area contributed by atoms with Gasteiger partial charge in [-0.1, -0.05) is 30.3 Å². The zero-order valence-corrected chi connectivity index (χ0v) is 9.54. The van der Waals surface area contributed by atoms with Crippen molar-refractivity contribution in [1.29, 1.82) is 0 Å². The number of benzene rings is 1. The molecule has 1 aliphatic rings. The molecule has 0 spiro atoms. The largest absolute Gasteiger partial charge is 0.497 e. The summed E-state index contributed by atoms with van der Waals surface area (Å²) in [5.74, 6) is 2.02. The second-order valence-corrected chi connectivity index (χ2v) is 5.08. The third-order valence-corrected chi connectivity index (χ3v) is 3.86. The van der Waals surface area contributed by atoms with Crippen LogP contribution in [0.3, 0.4) is 0 Å². The minimum absolute atomic E-state index is 0.220. The van der Waals surface area contributed by atoms with E-state index in [1.54, 1.807) is 7.11 Å². The van der Waals surface area contributed by atoms with E-state index in [-0.39, 0.29) is 10.5 Å². The van der Waals surface area contributed by atoms with Crippen LogP contribution in [0.4, 0.5) is 0 Å². The molecule has 0 bridgehead atoms. The molecule has 1 aromatic rings. The van der Waals surface area contributed by atoms with Crippen LogP contribution in [0.25, 0.3) is 0 Å². The number of rotatable bonds is 3. The van der Waals surface area contributed by atoms with Gasteiger partial charge in [-0.15, -0.1) is 0 Å². The van der Waals surface area contributed by atoms with Gasteiger partial charge in [-0.3, -0.25) is 0 Å². The highest BCUT2D eigenvalue weighted by atomic mass is 32.2. The molecule has 0 fully saturated rings. The summed E-state index contributed by atoms with van der Waals surface area (Å²) in [5, 5.41) is 4.43. The Kier molecular flexibility index (Phi) is 3.41. The smallest absolute Gasteiger partial charge is 0.119 e. The van der Waals surface area contributed by atoms with E-state index >= 15 is 0 Å². The number of hydrogen-bond donors (Lipinski definition) is 0. The van der Waals surface area contributed by atoms with Gasteiger partial charge in [0.1, 0.15) is 5.76 Å². The highest BCUT2D eigenvalue weighted by molar-refractivity contribution is 8.17. The summed E-state index contributed by atoms with van der Waals surface area (Å²) in [6.45, 7) is 0. The maximum Gasteiger partial charge on any atom is 0.119 e. The molecule has 0 saturated heterocycles. The molecule has 1 nitrogen and oxygen atoms in total. The van der Waals surface area contributed by atoms with E-state index in [2.05, 4.69) is 41.1 Å². The van der Waals surface area contributed by atoms with Crippen molar-refractivity contribution < 1.29 is 4.74 Å². The monoisotopic (exact) mass is 218 g/mol. The molecule has 1 heterocycles. The third-order valence-electron chi connectivity index (χ3n) is 2.23. The number of ether oxygens (including phenoxy) is 1. The van der Waals surface area contributed by atoms with Crippen LogP contribution in [-0.2, 0) is 10.5 Å². The summed E-state index contributed by atoms with van der Waals surface area (Å²) in [7, 11) is 1.92. The average molecular weight is 218 g/mol. The molecule has 0 N–H and O–H groups in total. The van der Waals surface area contributed by atoms with Gasteiger partial charge in [0.05, 0.1) is 7.11 Å². The summed E-state index contributed by atoms with van der Waals surface area (Å²) in [6.07, 6.45) is 4.10. The second kappa shape index (κ2) is 4.99. The number of methoxy groups -OCH3 is 1. The molecule has 0 aromatic heterocycles. The Bertz CT molecular complexity index is 415.